The molecular weight excluding hydrogens is 205 g/mol. The fraction of sp³-hybridized carbons (Fsp3) is 1.00. The second kappa shape index (κ2) is 4.29. The molecule has 15 heavy (non-hydrogen) atoms. The summed E-state index contributed by atoms with van der Waals surface area (Å²) in [6, 6.07) is 0.374. The molecule has 1 aliphatic carbocycles. The monoisotopic (exact) mass is 222 g/mol. The van der Waals surface area contributed by atoms with E-state index in [0.29, 0.717) is 31.7 Å². The molecule has 5 heteroatoms. The Labute approximate surface area is 87.8 Å². The second-order valence-electron chi connectivity index (χ2n) is 4.52. The van der Waals surface area contributed by atoms with Crippen LogP contribution >= 0.6 is 0 Å². The maximum absolute atomic E-state index is 12.4. The summed E-state index contributed by atoms with van der Waals surface area (Å²) < 4.78 is 37.3. The molecule has 0 bridgehead atoms. The quantitative estimate of drug-likeness (QED) is 0.729. The van der Waals surface area contributed by atoms with Crippen molar-refractivity contribution < 1.29 is 13.2 Å². The third kappa shape index (κ3) is 2.64. The molecule has 2 aliphatic rings. The van der Waals surface area contributed by atoms with Gasteiger partial charge in [0.1, 0.15) is 0 Å². The minimum absolute atomic E-state index is 0.310. The van der Waals surface area contributed by atoms with Crippen molar-refractivity contribution in [2.24, 2.45) is 5.92 Å². The molecule has 0 spiro atoms. The first-order valence-corrected chi connectivity index (χ1v) is 5.59. The third-order valence-corrected chi connectivity index (χ3v) is 3.57. The van der Waals surface area contributed by atoms with E-state index in [0.717, 1.165) is 19.8 Å². The van der Waals surface area contributed by atoms with Crippen molar-refractivity contribution in [1.82, 2.24) is 10.2 Å². The molecule has 0 amide bonds. The van der Waals surface area contributed by atoms with Gasteiger partial charge in [-0.25, -0.2) is 0 Å². The molecule has 0 atom stereocenters. The van der Waals surface area contributed by atoms with E-state index >= 15 is 0 Å². The lowest BCUT2D eigenvalue weighted by Gasteiger charge is -2.34. The van der Waals surface area contributed by atoms with Crippen LogP contribution < -0.4 is 5.32 Å². The van der Waals surface area contributed by atoms with Crippen molar-refractivity contribution in [2.45, 2.75) is 37.9 Å². The lowest BCUT2D eigenvalue weighted by molar-refractivity contribution is -0.184. The van der Waals surface area contributed by atoms with Crippen LogP contribution in [0.5, 0.6) is 0 Å². The summed E-state index contributed by atoms with van der Waals surface area (Å²) in [5.41, 5.74) is 0. The van der Waals surface area contributed by atoms with E-state index in [-0.39, 0.29) is 0 Å². The topological polar surface area (TPSA) is 15.3 Å². The van der Waals surface area contributed by atoms with Gasteiger partial charge in [-0.3, -0.25) is 4.90 Å². The zero-order chi connectivity index (χ0) is 10.9. The molecule has 0 radical (unpaired) electrons. The van der Waals surface area contributed by atoms with Gasteiger partial charge in [0, 0.05) is 25.8 Å². The Bertz CT molecular complexity index is 203. The predicted molar refractivity (Wildman–Crippen MR) is 51.4 cm³/mol. The second-order valence-corrected chi connectivity index (χ2v) is 4.52. The fourth-order valence-corrected chi connectivity index (χ4v) is 2.60. The van der Waals surface area contributed by atoms with E-state index in [2.05, 4.69) is 10.2 Å². The van der Waals surface area contributed by atoms with Gasteiger partial charge in [-0.05, 0) is 25.7 Å². The highest BCUT2D eigenvalue weighted by molar-refractivity contribution is 4.84. The number of nitrogens with zero attached hydrogens (tertiary/aromatic N) is 1. The summed E-state index contributed by atoms with van der Waals surface area (Å²) in [4.78, 5) is 2.27. The number of nitrogens with one attached hydrogen (secondary N) is 1. The van der Waals surface area contributed by atoms with E-state index in [1.807, 2.05) is 0 Å². The van der Waals surface area contributed by atoms with Crippen LogP contribution in [0.4, 0.5) is 13.2 Å². The maximum Gasteiger partial charge on any atom is 0.391 e. The van der Waals surface area contributed by atoms with E-state index in [9.17, 15) is 13.2 Å². The highest BCUT2D eigenvalue weighted by atomic mass is 19.4. The van der Waals surface area contributed by atoms with Crippen molar-refractivity contribution >= 4 is 0 Å². The number of hydrogen-bond donors (Lipinski definition) is 1. The molecule has 1 aliphatic heterocycles. The highest BCUT2D eigenvalue weighted by Gasteiger charge is 2.42. The molecule has 0 aromatic rings. The van der Waals surface area contributed by atoms with Gasteiger partial charge in [0.2, 0.25) is 0 Å². The van der Waals surface area contributed by atoms with Crippen LogP contribution in [0.25, 0.3) is 0 Å². The van der Waals surface area contributed by atoms with E-state index < -0.39 is 12.1 Å². The highest BCUT2D eigenvalue weighted by Crippen LogP contribution is 2.38. The van der Waals surface area contributed by atoms with Crippen LogP contribution in [0.3, 0.4) is 0 Å². The number of alkyl halides is 3. The van der Waals surface area contributed by atoms with Gasteiger partial charge in [0.15, 0.2) is 0 Å². The van der Waals surface area contributed by atoms with Crippen molar-refractivity contribution in [1.29, 1.82) is 0 Å². The van der Waals surface area contributed by atoms with Crippen LogP contribution in [0, 0.1) is 5.92 Å². The van der Waals surface area contributed by atoms with Gasteiger partial charge in [-0.1, -0.05) is 0 Å². The van der Waals surface area contributed by atoms with Crippen molar-refractivity contribution in [3.8, 4) is 0 Å². The molecule has 0 aromatic carbocycles. The van der Waals surface area contributed by atoms with Gasteiger partial charge in [-0.2, -0.15) is 13.2 Å². The van der Waals surface area contributed by atoms with E-state index in [4.69, 9.17) is 0 Å². The molecule has 0 unspecified atom stereocenters. The van der Waals surface area contributed by atoms with Crippen molar-refractivity contribution in [3.05, 3.63) is 0 Å². The van der Waals surface area contributed by atoms with Crippen LogP contribution in [-0.2, 0) is 0 Å². The normalized spacial score (nSPS) is 34.6. The van der Waals surface area contributed by atoms with Crippen molar-refractivity contribution in [2.75, 3.05) is 19.8 Å². The molecule has 2 rings (SSSR count). The number of rotatable bonds is 1. The van der Waals surface area contributed by atoms with Gasteiger partial charge >= 0.3 is 6.18 Å². The summed E-state index contributed by atoms with van der Waals surface area (Å²) >= 11 is 0. The molecule has 2 fully saturated rings. The van der Waals surface area contributed by atoms with Crippen LogP contribution in [0.15, 0.2) is 0 Å². The molecule has 2 nitrogen and oxygen atoms in total. The molecule has 1 heterocycles. The third-order valence-electron chi connectivity index (χ3n) is 3.57. The zero-order valence-corrected chi connectivity index (χ0v) is 8.69. The summed E-state index contributed by atoms with van der Waals surface area (Å²) in [5, 5.41) is 3.21. The van der Waals surface area contributed by atoms with Crippen molar-refractivity contribution in [3.63, 3.8) is 0 Å². The molecule has 88 valence electrons. The molecule has 1 N–H and O–H groups in total. The first kappa shape index (κ1) is 11.2. The lowest BCUT2D eigenvalue weighted by Crippen LogP contribution is -2.39. The summed E-state index contributed by atoms with van der Waals surface area (Å²) in [5.74, 6) is -1.05. The Morgan fingerprint density at radius 3 is 2.20 bits per heavy atom. The van der Waals surface area contributed by atoms with Crippen LogP contribution in [0.1, 0.15) is 25.7 Å². The minimum Gasteiger partial charge on any atom is -0.303 e. The largest absolute Gasteiger partial charge is 0.391 e. The smallest absolute Gasteiger partial charge is 0.303 e. The Morgan fingerprint density at radius 1 is 1.07 bits per heavy atom. The molecule has 0 aromatic heterocycles. The average molecular weight is 222 g/mol. The first-order valence-electron chi connectivity index (χ1n) is 5.59. The SMILES string of the molecule is FC(F)(F)C1CCC(N2CCNC2)CC1. The molecule has 1 saturated heterocycles. The van der Waals surface area contributed by atoms with Crippen LogP contribution in [-0.4, -0.2) is 36.9 Å². The average Bonchev–Trinajstić information content (AvgIpc) is 2.69. The Hall–Kier alpha value is -0.290. The summed E-state index contributed by atoms with van der Waals surface area (Å²) in [6.07, 6.45) is -1.96. The zero-order valence-electron chi connectivity index (χ0n) is 8.69. The van der Waals surface area contributed by atoms with E-state index in [1.165, 1.54) is 0 Å². The predicted octanol–water partition coefficient (Wildman–Crippen LogP) is 1.97. The van der Waals surface area contributed by atoms with Gasteiger partial charge in [-0.15, -0.1) is 0 Å². The Morgan fingerprint density at radius 2 is 1.73 bits per heavy atom. The fourth-order valence-electron chi connectivity index (χ4n) is 2.60. The molecule has 1 saturated carbocycles. The van der Waals surface area contributed by atoms with Gasteiger partial charge < -0.3 is 5.32 Å². The lowest BCUT2D eigenvalue weighted by atomic mass is 9.85. The van der Waals surface area contributed by atoms with E-state index in [1.54, 1.807) is 0 Å². The van der Waals surface area contributed by atoms with Crippen LogP contribution in [0.2, 0.25) is 0 Å². The number of hydrogen-bond acceptors (Lipinski definition) is 2. The standard InChI is InChI=1S/C10H17F3N2/c11-10(12,13)8-1-3-9(4-2-8)15-6-5-14-7-15/h8-9,14H,1-7H2. The Kier molecular flexibility index (Phi) is 3.21. The van der Waals surface area contributed by atoms with Gasteiger partial charge in [0.05, 0.1) is 5.92 Å². The van der Waals surface area contributed by atoms with Gasteiger partial charge in [0.25, 0.3) is 0 Å². The first-order chi connectivity index (χ1) is 7.07. The minimum atomic E-state index is -3.98. The molecular formula is C10H17F3N2. The Balaban J connectivity index is 1.81. The maximum atomic E-state index is 12.4. The number of halogens is 3. The summed E-state index contributed by atoms with van der Waals surface area (Å²) in [7, 11) is 0. The summed E-state index contributed by atoms with van der Waals surface area (Å²) in [6.45, 7) is 2.81.